The predicted molar refractivity (Wildman–Crippen MR) is 86.7 cm³/mol. The largest absolute Gasteiger partial charge is 0.497 e. The van der Waals surface area contributed by atoms with Crippen molar-refractivity contribution in [2.75, 3.05) is 7.11 Å². The van der Waals surface area contributed by atoms with E-state index in [4.69, 9.17) is 4.74 Å². The van der Waals surface area contributed by atoms with Crippen molar-refractivity contribution in [2.24, 2.45) is 0 Å². The van der Waals surface area contributed by atoms with Gasteiger partial charge in [-0.05, 0) is 53.1 Å². The third kappa shape index (κ3) is 3.39. The first-order valence-corrected chi connectivity index (χ1v) is 7.32. The van der Waals surface area contributed by atoms with Gasteiger partial charge in [-0.1, -0.05) is 36.4 Å². The van der Waals surface area contributed by atoms with Crippen LogP contribution in [-0.2, 0) is 0 Å². The Kier molecular flexibility index (Phi) is 4.38. The van der Waals surface area contributed by atoms with Gasteiger partial charge in [0.2, 0.25) is 0 Å². The van der Waals surface area contributed by atoms with E-state index in [1.54, 1.807) is 31.4 Å². The van der Waals surface area contributed by atoms with Crippen LogP contribution in [0.15, 0.2) is 72.8 Å². The van der Waals surface area contributed by atoms with Gasteiger partial charge in [-0.25, -0.2) is 8.78 Å². The van der Waals surface area contributed by atoms with Gasteiger partial charge >= 0.3 is 0 Å². The van der Waals surface area contributed by atoms with Crippen molar-refractivity contribution in [2.45, 2.75) is 5.92 Å². The second-order valence-electron chi connectivity index (χ2n) is 5.31. The summed E-state index contributed by atoms with van der Waals surface area (Å²) in [5, 5.41) is 0. The Balaban J connectivity index is 2.08. The minimum Gasteiger partial charge on any atom is -0.497 e. The normalized spacial score (nSPS) is 10.8. The lowest BCUT2D eigenvalue weighted by molar-refractivity contribution is 0.414. The van der Waals surface area contributed by atoms with E-state index in [0.717, 1.165) is 22.4 Å². The molecule has 3 heteroatoms. The molecule has 0 saturated carbocycles. The zero-order valence-corrected chi connectivity index (χ0v) is 12.7. The molecule has 0 atom stereocenters. The second kappa shape index (κ2) is 6.61. The zero-order chi connectivity index (χ0) is 16.2. The summed E-state index contributed by atoms with van der Waals surface area (Å²) in [7, 11) is 1.62. The monoisotopic (exact) mass is 310 g/mol. The number of rotatable bonds is 4. The van der Waals surface area contributed by atoms with Crippen LogP contribution in [0.25, 0.3) is 0 Å². The molecule has 0 aliphatic rings. The van der Waals surface area contributed by atoms with Gasteiger partial charge in [0.1, 0.15) is 17.4 Å². The van der Waals surface area contributed by atoms with E-state index >= 15 is 0 Å². The molecule has 0 radical (unpaired) electrons. The molecule has 0 bridgehead atoms. The van der Waals surface area contributed by atoms with Crippen molar-refractivity contribution in [3.63, 3.8) is 0 Å². The van der Waals surface area contributed by atoms with Crippen LogP contribution in [0.1, 0.15) is 22.6 Å². The molecule has 3 aromatic rings. The van der Waals surface area contributed by atoms with E-state index in [1.807, 2.05) is 24.3 Å². The fourth-order valence-corrected chi connectivity index (χ4v) is 2.68. The molecule has 0 heterocycles. The van der Waals surface area contributed by atoms with Crippen molar-refractivity contribution in [3.05, 3.63) is 101 Å². The Morgan fingerprint density at radius 3 is 1.30 bits per heavy atom. The Morgan fingerprint density at radius 1 is 0.609 bits per heavy atom. The number of benzene rings is 3. The topological polar surface area (TPSA) is 9.23 Å². The summed E-state index contributed by atoms with van der Waals surface area (Å²) < 4.78 is 31.7. The molecular weight excluding hydrogens is 294 g/mol. The van der Waals surface area contributed by atoms with Gasteiger partial charge in [-0.3, -0.25) is 0 Å². The molecule has 0 N–H and O–H groups in total. The SMILES string of the molecule is COc1ccc(C(c2ccc(F)cc2)c2ccc(F)cc2)cc1. The third-order valence-electron chi connectivity index (χ3n) is 3.86. The maximum atomic E-state index is 13.2. The highest BCUT2D eigenvalue weighted by Crippen LogP contribution is 2.33. The van der Waals surface area contributed by atoms with E-state index in [2.05, 4.69) is 0 Å². The highest BCUT2D eigenvalue weighted by molar-refractivity contribution is 5.44. The first kappa shape index (κ1) is 15.2. The molecule has 0 amide bonds. The van der Waals surface area contributed by atoms with Crippen LogP contribution in [0.5, 0.6) is 5.75 Å². The highest BCUT2D eigenvalue weighted by Gasteiger charge is 2.17. The summed E-state index contributed by atoms with van der Waals surface area (Å²) in [4.78, 5) is 0. The number of hydrogen-bond donors (Lipinski definition) is 0. The maximum Gasteiger partial charge on any atom is 0.123 e. The molecule has 3 aromatic carbocycles. The van der Waals surface area contributed by atoms with Crippen molar-refractivity contribution in [3.8, 4) is 5.75 Å². The quantitative estimate of drug-likeness (QED) is 0.605. The second-order valence-corrected chi connectivity index (χ2v) is 5.31. The lowest BCUT2D eigenvalue weighted by Gasteiger charge is -2.19. The average Bonchev–Trinajstić information content (AvgIpc) is 2.59. The molecule has 0 aromatic heterocycles. The van der Waals surface area contributed by atoms with Crippen LogP contribution in [0.2, 0.25) is 0 Å². The Bertz CT molecular complexity index is 717. The molecular formula is C20H16F2O. The van der Waals surface area contributed by atoms with Gasteiger partial charge in [0.05, 0.1) is 7.11 Å². The van der Waals surface area contributed by atoms with E-state index in [9.17, 15) is 8.78 Å². The molecule has 23 heavy (non-hydrogen) atoms. The van der Waals surface area contributed by atoms with E-state index in [0.29, 0.717) is 0 Å². The highest BCUT2D eigenvalue weighted by atomic mass is 19.1. The predicted octanol–water partition coefficient (Wildman–Crippen LogP) is 5.15. The Morgan fingerprint density at radius 2 is 0.957 bits per heavy atom. The molecule has 116 valence electrons. The van der Waals surface area contributed by atoms with Crippen LogP contribution >= 0.6 is 0 Å². The molecule has 0 saturated heterocycles. The van der Waals surface area contributed by atoms with Gasteiger partial charge in [-0.15, -0.1) is 0 Å². The molecule has 0 aliphatic heterocycles. The molecule has 1 nitrogen and oxygen atoms in total. The molecule has 0 spiro atoms. The summed E-state index contributed by atoms with van der Waals surface area (Å²) in [6, 6.07) is 20.5. The molecule has 0 unspecified atom stereocenters. The van der Waals surface area contributed by atoms with Gasteiger partial charge in [0.15, 0.2) is 0 Å². The van der Waals surface area contributed by atoms with Crippen LogP contribution in [0, 0.1) is 11.6 Å². The van der Waals surface area contributed by atoms with Crippen molar-refractivity contribution >= 4 is 0 Å². The first-order valence-electron chi connectivity index (χ1n) is 7.32. The van der Waals surface area contributed by atoms with Crippen molar-refractivity contribution in [1.29, 1.82) is 0 Å². The van der Waals surface area contributed by atoms with Crippen molar-refractivity contribution < 1.29 is 13.5 Å². The van der Waals surface area contributed by atoms with Crippen molar-refractivity contribution in [1.82, 2.24) is 0 Å². The number of methoxy groups -OCH3 is 1. The van der Waals surface area contributed by atoms with Gasteiger partial charge in [0.25, 0.3) is 0 Å². The smallest absolute Gasteiger partial charge is 0.123 e. The molecule has 0 aliphatic carbocycles. The lowest BCUT2D eigenvalue weighted by atomic mass is 9.85. The standard InChI is InChI=1S/C20H16F2O/c1-23-19-12-6-16(7-13-19)20(14-2-8-17(21)9-3-14)15-4-10-18(22)11-5-15/h2-13,20H,1H3. The summed E-state index contributed by atoms with van der Waals surface area (Å²) >= 11 is 0. The fraction of sp³-hybridized carbons (Fsp3) is 0.100. The fourth-order valence-electron chi connectivity index (χ4n) is 2.68. The summed E-state index contributed by atoms with van der Waals surface area (Å²) in [5.41, 5.74) is 2.93. The van der Waals surface area contributed by atoms with Gasteiger partial charge in [0, 0.05) is 5.92 Å². The summed E-state index contributed by atoms with van der Waals surface area (Å²) in [5.74, 6) is 0.121. The van der Waals surface area contributed by atoms with Gasteiger partial charge in [-0.2, -0.15) is 0 Å². The van der Waals surface area contributed by atoms with E-state index < -0.39 is 0 Å². The maximum absolute atomic E-state index is 13.2. The average molecular weight is 310 g/mol. The minimum atomic E-state index is -0.277. The zero-order valence-electron chi connectivity index (χ0n) is 12.7. The van der Waals surface area contributed by atoms with Gasteiger partial charge < -0.3 is 4.74 Å². The first-order chi connectivity index (χ1) is 11.2. The van der Waals surface area contributed by atoms with Crippen LogP contribution in [-0.4, -0.2) is 7.11 Å². The number of ether oxygens (including phenoxy) is 1. The number of halogens is 2. The van der Waals surface area contributed by atoms with E-state index in [-0.39, 0.29) is 17.6 Å². The molecule has 0 fully saturated rings. The Hall–Kier alpha value is -2.68. The lowest BCUT2D eigenvalue weighted by Crippen LogP contribution is -2.03. The van der Waals surface area contributed by atoms with Crippen LogP contribution < -0.4 is 4.74 Å². The summed E-state index contributed by atoms with van der Waals surface area (Å²) in [6.45, 7) is 0. The Labute approximate surface area is 134 Å². The van der Waals surface area contributed by atoms with Crippen LogP contribution in [0.3, 0.4) is 0 Å². The van der Waals surface area contributed by atoms with Crippen LogP contribution in [0.4, 0.5) is 8.78 Å². The third-order valence-corrected chi connectivity index (χ3v) is 3.86. The summed E-state index contributed by atoms with van der Waals surface area (Å²) in [6.07, 6.45) is 0. The molecule has 3 rings (SSSR count). The van der Waals surface area contributed by atoms with E-state index in [1.165, 1.54) is 24.3 Å². The minimum absolute atomic E-state index is 0.0953. The number of hydrogen-bond acceptors (Lipinski definition) is 1.